The van der Waals surface area contributed by atoms with Gasteiger partial charge in [-0.2, -0.15) is 0 Å². The Morgan fingerprint density at radius 3 is 2.71 bits per heavy atom. The zero-order valence-corrected chi connectivity index (χ0v) is 18.9. The second kappa shape index (κ2) is 8.30. The number of aliphatic hydroxyl groups is 1. The Balaban J connectivity index is 1.37. The number of rotatable bonds is 5. The molecule has 2 bridgehead atoms. The van der Waals surface area contributed by atoms with E-state index in [0.717, 1.165) is 46.3 Å². The van der Waals surface area contributed by atoms with E-state index in [2.05, 4.69) is 42.8 Å². The quantitative estimate of drug-likeness (QED) is 0.667. The molecule has 3 atom stereocenters. The summed E-state index contributed by atoms with van der Waals surface area (Å²) in [5, 5.41) is 10.5. The van der Waals surface area contributed by atoms with Crippen LogP contribution in [0.2, 0.25) is 0 Å². The summed E-state index contributed by atoms with van der Waals surface area (Å²) < 4.78 is 9.56. The van der Waals surface area contributed by atoms with Gasteiger partial charge in [-0.05, 0) is 74.9 Å². The minimum absolute atomic E-state index is 0.100. The molecule has 0 aliphatic carbocycles. The van der Waals surface area contributed by atoms with E-state index < -0.39 is 6.10 Å². The van der Waals surface area contributed by atoms with Crippen LogP contribution in [0.1, 0.15) is 23.6 Å². The van der Waals surface area contributed by atoms with Crippen molar-refractivity contribution in [2.45, 2.75) is 31.9 Å². The highest BCUT2D eigenvalue weighted by Crippen LogP contribution is 2.36. The van der Waals surface area contributed by atoms with Crippen LogP contribution >= 0.6 is 31.9 Å². The maximum atomic E-state index is 12.1. The normalized spacial score (nSPS) is 22.6. The van der Waals surface area contributed by atoms with E-state index in [1.807, 2.05) is 29.7 Å². The molecule has 1 aromatic heterocycles. The molecular formula is C21H24Br2N2O3. The van der Waals surface area contributed by atoms with Gasteiger partial charge >= 0.3 is 0 Å². The third kappa shape index (κ3) is 4.22. The number of pyridine rings is 1. The van der Waals surface area contributed by atoms with Crippen molar-refractivity contribution in [1.82, 2.24) is 9.47 Å². The lowest BCUT2D eigenvalue weighted by Gasteiger charge is -2.43. The van der Waals surface area contributed by atoms with E-state index in [9.17, 15) is 9.90 Å². The number of ether oxygens (including phenoxy) is 1. The molecule has 150 valence electrons. The van der Waals surface area contributed by atoms with Crippen LogP contribution in [-0.2, 0) is 6.54 Å². The van der Waals surface area contributed by atoms with Crippen molar-refractivity contribution in [3.05, 3.63) is 60.9 Å². The van der Waals surface area contributed by atoms with Crippen LogP contribution in [-0.4, -0.2) is 46.9 Å². The summed E-state index contributed by atoms with van der Waals surface area (Å²) in [5.74, 6) is 1.53. The number of fused-ring (bicyclic) bond motifs is 4. The molecule has 1 saturated heterocycles. The van der Waals surface area contributed by atoms with Crippen molar-refractivity contribution in [3.63, 3.8) is 0 Å². The van der Waals surface area contributed by atoms with Gasteiger partial charge in [0.05, 0.1) is 8.95 Å². The van der Waals surface area contributed by atoms with Crippen LogP contribution in [0.5, 0.6) is 5.75 Å². The zero-order valence-electron chi connectivity index (χ0n) is 15.8. The lowest BCUT2D eigenvalue weighted by Crippen LogP contribution is -2.49. The molecule has 28 heavy (non-hydrogen) atoms. The monoisotopic (exact) mass is 510 g/mol. The summed E-state index contributed by atoms with van der Waals surface area (Å²) in [4.78, 5) is 14.4. The number of aliphatic hydroxyl groups excluding tert-OH is 1. The first kappa shape index (κ1) is 20.1. The largest absolute Gasteiger partial charge is 0.488 e. The number of nitrogens with zero attached hydrogens (tertiary/aromatic N) is 2. The molecule has 7 heteroatoms. The van der Waals surface area contributed by atoms with Gasteiger partial charge < -0.3 is 14.4 Å². The predicted molar refractivity (Wildman–Crippen MR) is 116 cm³/mol. The number of aryl methyl sites for hydroxylation is 1. The molecule has 1 N–H and O–H groups in total. The van der Waals surface area contributed by atoms with Gasteiger partial charge in [0.1, 0.15) is 18.5 Å². The van der Waals surface area contributed by atoms with Crippen molar-refractivity contribution in [2.75, 3.05) is 26.2 Å². The van der Waals surface area contributed by atoms with Crippen molar-refractivity contribution in [1.29, 1.82) is 0 Å². The summed E-state index contributed by atoms with van der Waals surface area (Å²) in [6.07, 6.45) is 0.549. The van der Waals surface area contributed by atoms with E-state index in [1.54, 1.807) is 6.07 Å². The molecule has 2 aromatic rings. The van der Waals surface area contributed by atoms with Crippen LogP contribution in [0.25, 0.3) is 0 Å². The number of aromatic nitrogens is 1. The number of piperidine rings is 1. The molecule has 0 radical (unpaired) electrons. The summed E-state index contributed by atoms with van der Waals surface area (Å²) in [5.41, 5.74) is 2.36. The summed E-state index contributed by atoms with van der Waals surface area (Å²) in [6.45, 7) is 5.39. The average molecular weight is 512 g/mol. The van der Waals surface area contributed by atoms with Gasteiger partial charge in [0.15, 0.2) is 0 Å². The molecule has 0 saturated carbocycles. The Hall–Kier alpha value is -1.15. The van der Waals surface area contributed by atoms with Gasteiger partial charge in [-0.25, -0.2) is 0 Å². The predicted octanol–water partition coefficient (Wildman–Crippen LogP) is 3.54. The van der Waals surface area contributed by atoms with Gasteiger partial charge in [-0.15, -0.1) is 0 Å². The van der Waals surface area contributed by atoms with Crippen LogP contribution in [0.15, 0.2) is 44.1 Å². The van der Waals surface area contributed by atoms with Gasteiger partial charge in [0.2, 0.25) is 0 Å². The van der Waals surface area contributed by atoms with Crippen molar-refractivity contribution in [3.8, 4) is 5.75 Å². The summed E-state index contributed by atoms with van der Waals surface area (Å²) >= 11 is 7.05. The highest BCUT2D eigenvalue weighted by Gasteiger charge is 2.34. The van der Waals surface area contributed by atoms with Crippen LogP contribution in [0.3, 0.4) is 0 Å². The third-order valence-corrected chi connectivity index (χ3v) is 6.77. The fourth-order valence-electron chi connectivity index (χ4n) is 4.50. The van der Waals surface area contributed by atoms with Crippen molar-refractivity contribution in [2.24, 2.45) is 5.92 Å². The van der Waals surface area contributed by atoms with Crippen molar-refractivity contribution < 1.29 is 9.84 Å². The molecule has 3 heterocycles. The minimum Gasteiger partial charge on any atom is -0.488 e. The van der Waals surface area contributed by atoms with E-state index in [0.29, 0.717) is 24.1 Å². The molecule has 2 aliphatic heterocycles. The zero-order chi connectivity index (χ0) is 19.8. The van der Waals surface area contributed by atoms with Gasteiger partial charge in [0.25, 0.3) is 5.56 Å². The Kier molecular flexibility index (Phi) is 5.97. The topological polar surface area (TPSA) is 54.7 Å². The molecule has 1 aromatic carbocycles. The highest BCUT2D eigenvalue weighted by molar-refractivity contribution is 9.11. The molecule has 0 unspecified atom stereocenters. The van der Waals surface area contributed by atoms with E-state index in [-0.39, 0.29) is 12.2 Å². The third-order valence-electron chi connectivity index (χ3n) is 5.59. The van der Waals surface area contributed by atoms with Gasteiger partial charge in [0, 0.05) is 43.9 Å². The second-order valence-electron chi connectivity index (χ2n) is 7.94. The average Bonchev–Trinajstić information content (AvgIpc) is 2.61. The molecular weight excluding hydrogens is 488 g/mol. The fraction of sp³-hybridized carbons (Fsp3) is 0.476. The number of halogens is 2. The Labute approximate surface area is 181 Å². The molecule has 2 aliphatic rings. The lowest BCUT2D eigenvalue weighted by molar-refractivity contribution is 0.0381. The molecule has 0 spiro atoms. The standard InChI is InChI=1S/C21H24Br2N2O3/c1-13-5-17(22)21(18(23)6-13)28-12-16(26)11-24-8-14-7-15(10-24)19-3-2-4-20(27)25(19)9-14/h2-6,14-16,26H,7-12H2,1H3/t14-,15-,16+/m1/s1. The van der Waals surface area contributed by atoms with Crippen molar-refractivity contribution >= 4 is 31.9 Å². The fourth-order valence-corrected chi connectivity index (χ4v) is 6.14. The Morgan fingerprint density at radius 2 is 1.96 bits per heavy atom. The Bertz CT molecular complexity index is 907. The van der Waals surface area contributed by atoms with Gasteiger partial charge in [-0.1, -0.05) is 6.07 Å². The molecule has 4 rings (SSSR count). The number of benzene rings is 1. The van der Waals surface area contributed by atoms with Crippen LogP contribution in [0, 0.1) is 12.8 Å². The SMILES string of the molecule is Cc1cc(Br)c(OC[C@@H](O)CN2C[C@H]3C[C@H](C2)c2cccc(=O)n2C3)c(Br)c1. The van der Waals surface area contributed by atoms with E-state index in [4.69, 9.17) is 4.74 Å². The first-order valence-corrected chi connectivity index (χ1v) is 11.2. The number of β-amino-alcohol motifs (C(OH)–C–C–N with tert-alkyl or cyclic N) is 1. The summed E-state index contributed by atoms with van der Waals surface area (Å²) in [6, 6.07) is 9.56. The Morgan fingerprint density at radius 1 is 1.21 bits per heavy atom. The number of hydrogen-bond acceptors (Lipinski definition) is 4. The number of hydrogen-bond donors (Lipinski definition) is 1. The van der Waals surface area contributed by atoms with Crippen LogP contribution < -0.4 is 10.3 Å². The smallest absolute Gasteiger partial charge is 0.250 e. The van der Waals surface area contributed by atoms with E-state index >= 15 is 0 Å². The molecule has 0 amide bonds. The summed E-state index contributed by atoms with van der Waals surface area (Å²) in [7, 11) is 0. The minimum atomic E-state index is -0.572. The van der Waals surface area contributed by atoms with Crippen LogP contribution in [0.4, 0.5) is 0 Å². The molecule has 5 nitrogen and oxygen atoms in total. The van der Waals surface area contributed by atoms with E-state index in [1.165, 1.54) is 0 Å². The number of likely N-dealkylation sites (tertiary alicyclic amines) is 1. The first-order chi connectivity index (χ1) is 13.4. The first-order valence-electron chi connectivity index (χ1n) is 9.59. The molecule has 1 fully saturated rings. The maximum absolute atomic E-state index is 12.1. The van der Waals surface area contributed by atoms with Gasteiger partial charge in [-0.3, -0.25) is 9.69 Å². The highest BCUT2D eigenvalue weighted by atomic mass is 79.9. The lowest BCUT2D eigenvalue weighted by atomic mass is 9.83. The second-order valence-corrected chi connectivity index (χ2v) is 9.65. The maximum Gasteiger partial charge on any atom is 0.250 e.